The molecular formula is C25H29N3O6. The van der Waals surface area contributed by atoms with Gasteiger partial charge in [-0.1, -0.05) is 5.16 Å². The quantitative estimate of drug-likeness (QED) is 0.453. The normalized spacial score (nSPS) is 15.3. The minimum atomic E-state index is -0.295. The second kappa shape index (κ2) is 10.5. The van der Waals surface area contributed by atoms with Gasteiger partial charge in [-0.25, -0.2) is 0 Å². The molecule has 180 valence electrons. The molecule has 34 heavy (non-hydrogen) atoms. The van der Waals surface area contributed by atoms with E-state index < -0.39 is 0 Å². The zero-order valence-corrected chi connectivity index (χ0v) is 19.9. The van der Waals surface area contributed by atoms with E-state index in [0.29, 0.717) is 60.0 Å². The van der Waals surface area contributed by atoms with Gasteiger partial charge in [-0.05, 0) is 63.1 Å². The Bertz CT molecular complexity index is 1150. The van der Waals surface area contributed by atoms with Crippen LogP contribution in [0.25, 0.3) is 11.4 Å². The lowest BCUT2D eigenvalue weighted by atomic mass is 10.1. The van der Waals surface area contributed by atoms with Crippen LogP contribution in [0.15, 0.2) is 40.9 Å². The third kappa shape index (κ3) is 4.64. The molecule has 3 aromatic rings. The summed E-state index contributed by atoms with van der Waals surface area (Å²) in [7, 11) is 3.15. The van der Waals surface area contributed by atoms with Crippen LogP contribution >= 0.6 is 0 Å². The molecule has 1 saturated heterocycles. The first-order valence-electron chi connectivity index (χ1n) is 11.4. The molecule has 9 nitrogen and oxygen atoms in total. The summed E-state index contributed by atoms with van der Waals surface area (Å²) in [5.41, 5.74) is 1.26. The number of likely N-dealkylation sites (tertiary alicyclic amines) is 1. The van der Waals surface area contributed by atoms with Crippen molar-refractivity contribution in [2.24, 2.45) is 0 Å². The lowest BCUT2D eigenvalue weighted by Gasteiger charge is -2.22. The molecule has 0 spiro atoms. The Morgan fingerprint density at radius 3 is 2.47 bits per heavy atom. The molecule has 4 rings (SSSR count). The molecule has 0 bridgehead atoms. The number of methoxy groups -OCH3 is 2. The van der Waals surface area contributed by atoms with Gasteiger partial charge in [-0.3, -0.25) is 4.79 Å². The van der Waals surface area contributed by atoms with Crippen LogP contribution in [0.1, 0.15) is 49.0 Å². The molecule has 0 N–H and O–H groups in total. The van der Waals surface area contributed by atoms with Crippen molar-refractivity contribution < 1.29 is 28.3 Å². The highest BCUT2D eigenvalue weighted by Crippen LogP contribution is 2.36. The molecule has 0 unspecified atom stereocenters. The zero-order chi connectivity index (χ0) is 24.1. The van der Waals surface area contributed by atoms with E-state index in [0.717, 1.165) is 18.4 Å². The Labute approximate surface area is 198 Å². The van der Waals surface area contributed by atoms with Gasteiger partial charge in [0.1, 0.15) is 6.04 Å². The summed E-state index contributed by atoms with van der Waals surface area (Å²) in [6.45, 7) is 5.40. The molecule has 1 aliphatic rings. The lowest BCUT2D eigenvalue weighted by Crippen LogP contribution is -2.30. The van der Waals surface area contributed by atoms with Crippen molar-refractivity contribution in [1.82, 2.24) is 15.0 Å². The maximum atomic E-state index is 13.4. The molecule has 1 aliphatic heterocycles. The number of nitrogens with zero attached hydrogens (tertiary/aromatic N) is 3. The van der Waals surface area contributed by atoms with Gasteiger partial charge in [-0.2, -0.15) is 4.98 Å². The van der Waals surface area contributed by atoms with E-state index in [9.17, 15) is 4.79 Å². The smallest absolute Gasteiger partial charge is 0.254 e. The Morgan fingerprint density at radius 2 is 1.74 bits per heavy atom. The maximum Gasteiger partial charge on any atom is 0.254 e. The van der Waals surface area contributed by atoms with Crippen LogP contribution in [-0.4, -0.2) is 54.9 Å². The van der Waals surface area contributed by atoms with Gasteiger partial charge in [0, 0.05) is 17.7 Å². The van der Waals surface area contributed by atoms with Gasteiger partial charge in [0.05, 0.1) is 27.4 Å². The zero-order valence-electron chi connectivity index (χ0n) is 19.9. The van der Waals surface area contributed by atoms with E-state index in [2.05, 4.69) is 10.1 Å². The molecular weight excluding hydrogens is 438 g/mol. The molecule has 0 saturated carbocycles. The summed E-state index contributed by atoms with van der Waals surface area (Å²) in [4.78, 5) is 19.8. The SMILES string of the molecule is CCOc1ccc(C(=O)N2CCC[C@@H]2c2nc(-c3ccc(OC)c(OC)c3)no2)cc1OCC. The third-order valence-corrected chi connectivity index (χ3v) is 5.67. The van der Waals surface area contributed by atoms with Crippen LogP contribution < -0.4 is 18.9 Å². The molecule has 1 amide bonds. The Kier molecular flexibility index (Phi) is 7.20. The monoisotopic (exact) mass is 467 g/mol. The molecule has 1 aromatic heterocycles. The topological polar surface area (TPSA) is 96.2 Å². The number of aromatic nitrogens is 2. The fourth-order valence-electron chi connectivity index (χ4n) is 4.08. The van der Waals surface area contributed by atoms with Gasteiger partial charge >= 0.3 is 0 Å². The van der Waals surface area contributed by atoms with Crippen molar-refractivity contribution in [1.29, 1.82) is 0 Å². The summed E-state index contributed by atoms with van der Waals surface area (Å²) < 4.78 is 27.6. The Morgan fingerprint density at radius 1 is 1.00 bits per heavy atom. The first kappa shape index (κ1) is 23.4. The average molecular weight is 468 g/mol. The largest absolute Gasteiger partial charge is 0.493 e. The van der Waals surface area contributed by atoms with Crippen molar-refractivity contribution in [3.63, 3.8) is 0 Å². The van der Waals surface area contributed by atoms with Crippen molar-refractivity contribution in [3.8, 4) is 34.4 Å². The number of amides is 1. The molecule has 0 aliphatic carbocycles. The highest BCUT2D eigenvalue weighted by atomic mass is 16.5. The van der Waals surface area contributed by atoms with Crippen LogP contribution in [0.4, 0.5) is 0 Å². The predicted octanol–water partition coefficient (Wildman–Crippen LogP) is 4.53. The van der Waals surface area contributed by atoms with Gasteiger partial charge < -0.3 is 28.4 Å². The fourth-order valence-corrected chi connectivity index (χ4v) is 4.08. The van der Waals surface area contributed by atoms with Crippen molar-refractivity contribution in [2.45, 2.75) is 32.7 Å². The first-order chi connectivity index (χ1) is 16.6. The first-order valence-corrected chi connectivity index (χ1v) is 11.4. The number of rotatable bonds is 9. The van der Waals surface area contributed by atoms with Gasteiger partial charge in [0.2, 0.25) is 11.7 Å². The summed E-state index contributed by atoms with van der Waals surface area (Å²) in [6.07, 6.45) is 1.59. The molecule has 1 atom stereocenters. The lowest BCUT2D eigenvalue weighted by molar-refractivity contribution is 0.0709. The van der Waals surface area contributed by atoms with Gasteiger partial charge in [0.15, 0.2) is 23.0 Å². The van der Waals surface area contributed by atoms with Crippen LogP contribution in [0, 0.1) is 0 Å². The van der Waals surface area contributed by atoms with Crippen LogP contribution in [0.3, 0.4) is 0 Å². The second-order valence-corrected chi connectivity index (χ2v) is 7.71. The minimum Gasteiger partial charge on any atom is -0.493 e. The Balaban J connectivity index is 1.57. The van der Waals surface area contributed by atoms with E-state index in [-0.39, 0.29) is 11.9 Å². The number of benzene rings is 2. The molecule has 1 fully saturated rings. The third-order valence-electron chi connectivity index (χ3n) is 5.67. The van der Waals surface area contributed by atoms with Crippen LogP contribution in [-0.2, 0) is 0 Å². The fraction of sp³-hybridized carbons (Fsp3) is 0.400. The average Bonchev–Trinajstić information content (AvgIpc) is 3.54. The summed E-state index contributed by atoms with van der Waals surface area (Å²) in [5.74, 6) is 3.09. The van der Waals surface area contributed by atoms with Gasteiger partial charge in [0.25, 0.3) is 5.91 Å². The Hall–Kier alpha value is -3.75. The van der Waals surface area contributed by atoms with E-state index >= 15 is 0 Å². The van der Waals surface area contributed by atoms with Crippen molar-refractivity contribution in [2.75, 3.05) is 34.0 Å². The van der Waals surface area contributed by atoms with Crippen LogP contribution in [0.5, 0.6) is 23.0 Å². The van der Waals surface area contributed by atoms with Crippen molar-refractivity contribution in [3.05, 3.63) is 47.9 Å². The predicted molar refractivity (Wildman–Crippen MR) is 125 cm³/mol. The maximum absolute atomic E-state index is 13.4. The highest BCUT2D eigenvalue weighted by molar-refractivity contribution is 5.95. The second-order valence-electron chi connectivity index (χ2n) is 7.71. The number of carbonyl (C=O) groups excluding carboxylic acids is 1. The summed E-state index contributed by atoms with van der Waals surface area (Å²) in [5, 5.41) is 4.14. The van der Waals surface area contributed by atoms with E-state index in [1.807, 2.05) is 19.9 Å². The molecule has 0 radical (unpaired) electrons. The van der Waals surface area contributed by atoms with Crippen molar-refractivity contribution >= 4 is 5.91 Å². The summed E-state index contributed by atoms with van der Waals surface area (Å²) in [6, 6.07) is 10.4. The van der Waals surface area contributed by atoms with E-state index in [1.165, 1.54) is 0 Å². The van der Waals surface area contributed by atoms with Gasteiger partial charge in [-0.15, -0.1) is 0 Å². The number of carbonyl (C=O) groups is 1. The highest BCUT2D eigenvalue weighted by Gasteiger charge is 2.35. The number of hydrogen-bond donors (Lipinski definition) is 0. The standard InChI is InChI=1S/C25H29N3O6/c1-5-32-20-12-10-17(15-22(20)33-6-2)25(29)28-13-7-8-18(28)24-26-23(27-34-24)16-9-11-19(30-3)21(14-16)31-4/h9-12,14-15,18H,5-8,13H2,1-4H3/t18-/m1/s1. The number of ether oxygens (including phenoxy) is 4. The minimum absolute atomic E-state index is 0.114. The van der Waals surface area contributed by atoms with E-state index in [4.69, 9.17) is 23.5 Å². The number of hydrogen-bond acceptors (Lipinski definition) is 8. The molecule has 2 aromatic carbocycles. The van der Waals surface area contributed by atoms with Crippen LogP contribution in [0.2, 0.25) is 0 Å². The summed E-state index contributed by atoms with van der Waals surface area (Å²) >= 11 is 0. The van der Waals surface area contributed by atoms with E-state index in [1.54, 1.807) is 49.5 Å². The molecule has 9 heteroatoms. The molecule has 2 heterocycles.